The van der Waals surface area contributed by atoms with Gasteiger partial charge >= 0.3 is 0 Å². The summed E-state index contributed by atoms with van der Waals surface area (Å²) in [6, 6.07) is 4.59. The highest BCUT2D eigenvalue weighted by atomic mass is 19.1. The van der Waals surface area contributed by atoms with E-state index in [1.54, 1.807) is 6.07 Å². The number of H-pyrrole nitrogens is 1. The van der Waals surface area contributed by atoms with Crippen molar-refractivity contribution < 1.29 is 4.39 Å². The molecule has 0 unspecified atom stereocenters. The van der Waals surface area contributed by atoms with Crippen molar-refractivity contribution in [2.45, 2.75) is 19.3 Å². The quantitative estimate of drug-likeness (QED) is 0.814. The lowest BCUT2D eigenvalue weighted by atomic mass is 10.3. The highest BCUT2D eigenvalue weighted by Crippen LogP contribution is 2.15. The van der Waals surface area contributed by atoms with Gasteiger partial charge in [0.15, 0.2) is 0 Å². The fraction of sp³-hybridized carbons (Fsp3) is 0.500. The van der Waals surface area contributed by atoms with E-state index in [9.17, 15) is 4.39 Å². The van der Waals surface area contributed by atoms with Crippen molar-refractivity contribution in [3.8, 4) is 0 Å². The third-order valence-corrected chi connectivity index (χ3v) is 3.59. The van der Waals surface area contributed by atoms with Gasteiger partial charge < -0.3 is 15.2 Å². The van der Waals surface area contributed by atoms with Crippen molar-refractivity contribution in [2.24, 2.45) is 0 Å². The maximum absolute atomic E-state index is 13.1. The molecule has 3 rings (SSSR count). The Morgan fingerprint density at radius 2 is 2.16 bits per heavy atom. The van der Waals surface area contributed by atoms with Gasteiger partial charge in [-0.05, 0) is 57.1 Å². The van der Waals surface area contributed by atoms with E-state index in [1.807, 2.05) is 0 Å². The zero-order valence-corrected chi connectivity index (χ0v) is 11.0. The molecule has 1 saturated heterocycles. The number of benzene rings is 1. The Morgan fingerprint density at radius 1 is 1.32 bits per heavy atom. The van der Waals surface area contributed by atoms with Crippen LogP contribution in [0.5, 0.6) is 0 Å². The third kappa shape index (κ3) is 3.04. The van der Waals surface area contributed by atoms with Gasteiger partial charge in [-0.1, -0.05) is 0 Å². The van der Waals surface area contributed by atoms with Crippen LogP contribution in [0.3, 0.4) is 0 Å². The van der Waals surface area contributed by atoms with Crippen LogP contribution in [-0.2, 0) is 0 Å². The number of likely N-dealkylation sites (tertiary alicyclic amines) is 1. The van der Waals surface area contributed by atoms with Crippen LogP contribution in [0.4, 0.5) is 10.3 Å². The van der Waals surface area contributed by atoms with Crippen LogP contribution in [0.25, 0.3) is 11.0 Å². The minimum Gasteiger partial charge on any atom is -0.356 e. The molecular formula is C14H19FN4. The molecule has 0 amide bonds. The van der Waals surface area contributed by atoms with Crippen LogP contribution in [0.1, 0.15) is 19.3 Å². The first-order valence-corrected chi connectivity index (χ1v) is 6.93. The minimum atomic E-state index is -0.239. The van der Waals surface area contributed by atoms with Crippen LogP contribution in [0.2, 0.25) is 0 Å². The number of hydrogen-bond acceptors (Lipinski definition) is 3. The highest BCUT2D eigenvalue weighted by molar-refractivity contribution is 5.77. The summed E-state index contributed by atoms with van der Waals surface area (Å²) >= 11 is 0. The van der Waals surface area contributed by atoms with Crippen molar-refractivity contribution in [3.63, 3.8) is 0 Å². The second-order valence-electron chi connectivity index (χ2n) is 5.08. The Labute approximate surface area is 112 Å². The van der Waals surface area contributed by atoms with Gasteiger partial charge in [-0.15, -0.1) is 0 Å². The fourth-order valence-corrected chi connectivity index (χ4v) is 2.58. The van der Waals surface area contributed by atoms with E-state index < -0.39 is 0 Å². The molecule has 102 valence electrons. The SMILES string of the molecule is Fc1ccc2nc(NCCCN3CCCC3)[nH]c2c1. The topological polar surface area (TPSA) is 44.0 Å². The van der Waals surface area contributed by atoms with Crippen molar-refractivity contribution in [2.75, 3.05) is 31.5 Å². The average Bonchev–Trinajstić information content (AvgIpc) is 3.02. The number of imidazole rings is 1. The molecule has 0 aliphatic carbocycles. The molecule has 0 saturated carbocycles. The van der Waals surface area contributed by atoms with Crippen molar-refractivity contribution in [1.29, 1.82) is 0 Å². The van der Waals surface area contributed by atoms with E-state index in [1.165, 1.54) is 38.1 Å². The number of aromatic amines is 1. The van der Waals surface area contributed by atoms with Gasteiger partial charge in [-0.3, -0.25) is 0 Å². The Kier molecular flexibility index (Phi) is 3.64. The van der Waals surface area contributed by atoms with E-state index >= 15 is 0 Å². The van der Waals surface area contributed by atoms with E-state index in [-0.39, 0.29) is 5.82 Å². The molecule has 1 aliphatic heterocycles. The normalized spacial score (nSPS) is 16.3. The fourth-order valence-electron chi connectivity index (χ4n) is 2.58. The molecule has 0 bridgehead atoms. The molecule has 0 atom stereocenters. The Hall–Kier alpha value is -1.62. The number of anilines is 1. The molecule has 5 heteroatoms. The smallest absolute Gasteiger partial charge is 0.201 e. The predicted octanol–water partition coefficient (Wildman–Crippen LogP) is 2.60. The summed E-state index contributed by atoms with van der Waals surface area (Å²) < 4.78 is 13.1. The second kappa shape index (κ2) is 5.57. The summed E-state index contributed by atoms with van der Waals surface area (Å²) in [6.07, 6.45) is 3.77. The van der Waals surface area contributed by atoms with Crippen molar-refractivity contribution in [3.05, 3.63) is 24.0 Å². The number of rotatable bonds is 5. The Bertz CT molecular complexity index is 545. The molecule has 4 nitrogen and oxygen atoms in total. The summed E-state index contributed by atoms with van der Waals surface area (Å²) in [5.41, 5.74) is 1.53. The molecule has 2 N–H and O–H groups in total. The minimum absolute atomic E-state index is 0.239. The number of halogens is 1. The molecule has 1 aromatic carbocycles. The second-order valence-corrected chi connectivity index (χ2v) is 5.08. The van der Waals surface area contributed by atoms with Gasteiger partial charge in [-0.25, -0.2) is 9.37 Å². The summed E-state index contributed by atoms with van der Waals surface area (Å²) in [5.74, 6) is 0.485. The number of hydrogen-bond donors (Lipinski definition) is 2. The van der Waals surface area contributed by atoms with E-state index in [0.29, 0.717) is 0 Å². The number of aromatic nitrogens is 2. The molecule has 0 radical (unpaired) electrons. The maximum Gasteiger partial charge on any atom is 0.201 e. The zero-order chi connectivity index (χ0) is 13.1. The molecule has 0 spiro atoms. The first kappa shape index (κ1) is 12.4. The van der Waals surface area contributed by atoms with Gasteiger partial charge in [0.1, 0.15) is 5.82 Å². The largest absolute Gasteiger partial charge is 0.356 e. The van der Waals surface area contributed by atoms with Crippen LogP contribution in [0, 0.1) is 5.82 Å². The maximum atomic E-state index is 13.1. The molecule has 1 aliphatic rings. The summed E-state index contributed by atoms with van der Waals surface area (Å²) in [5, 5.41) is 3.26. The zero-order valence-electron chi connectivity index (χ0n) is 11.0. The Balaban J connectivity index is 1.50. The lowest BCUT2D eigenvalue weighted by Crippen LogP contribution is -2.22. The van der Waals surface area contributed by atoms with Crippen LogP contribution >= 0.6 is 0 Å². The highest BCUT2D eigenvalue weighted by Gasteiger charge is 2.10. The van der Waals surface area contributed by atoms with Gasteiger partial charge in [0, 0.05) is 6.54 Å². The van der Waals surface area contributed by atoms with Crippen LogP contribution in [0.15, 0.2) is 18.2 Å². The monoisotopic (exact) mass is 262 g/mol. The molecular weight excluding hydrogens is 243 g/mol. The number of nitrogens with zero attached hydrogens (tertiary/aromatic N) is 2. The van der Waals surface area contributed by atoms with Gasteiger partial charge in [0.25, 0.3) is 0 Å². The lowest BCUT2D eigenvalue weighted by molar-refractivity contribution is 0.337. The molecule has 2 heterocycles. The van der Waals surface area contributed by atoms with Gasteiger partial charge in [0.2, 0.25) is 5.95 Å². The predicted molar refractivity (Wildman–Crippen MR) is 74.8 cm³/mol. The summed E-state index contributed by atoms with van der Waals surface area (Å²) in [4.78, 5) is 9.96. The molecule has 1 fully saturated rings. The molecule has 1 aromatic heterocycles. The van der Waals surface area contributed by atoms with Crippen molar-refractivity contribution in [1.82, 2.24) is 14.9 Å². The van der Waals surface area contributed by atoms with E-state index in [4.69, 9.17) is 0 Å². The van der Waals surface area contributed by atoms with E-state index in [2.05, 4.69) is 20.2 Å². The summed E-state index contributed by atoms with van der Waals surface area (Å²) in [7, 11) is 0. The van der Waals surface area contributed by atoms with Gasteiger partial charge in [-0.2, -0.15) is 0 Å². The first-order valence-electron chi connectivity index (χ1n) is 6.93. The first-order chi connectivity index (χ1) is 9.31. The standard InChI is InChI=1S/C14H19FN4/c15-11-4-5-12-13(10-11)18-14(17-12)16-6-3-9-19-7-1-2-8-19/h4-5,10H,1-3,6-9H2,(H2,16,17,18). The number of fused-ring (bicyclic) bond motifs is 1. The van der Waals surface area contributed by atoms with Crippen molar-refractivity contribution >= 4 is 17.0 Å². The third-order valence-electron chi connectivity index (χ3n) is 3.59. The number of nitrogens with one attached hydrogen (secondary N) is 2. The molecule has 2 aromatic rings. The molecule has 19 heavy (non-hydrogen) atoms. The summed E-state index contributed by atoms with van der Waals surface area (Å²) in [6.45, 7) is 4.51. The Morgan fingerprint density at radius 3 is 3.00 bits per heavy atom. The van der Waals surface area contributed by atoms with Crippen LogP contribution < -0.4 is 5.32 Å². The lowest BCUT2D eigenvalue weighted by Gasteiger charge is -2.13. The van der Waals surface area contributed by atoms with Gasteiger partial charge in [0.05, 0.1) is 11.0 Å². The van der Waals surface area contributed by atoms with Crippen LogP contribution in [-0.4, -0.2) is 41.0 Å². The van der Waals surface area contributed by atoms with E-state index in [0.717, 1.165) is 36.5 Å². The average molecular weight is 262 g/mol.